The Kier molecular flexibility index (Phi) is 9.39. The van der Waals surface area contributed by atoms with Crippen molar-refractivity contribution < 1.29 is 19.1 Å². The fourth-order valence-corrected chi connectivity index (χ4v) is 3.27. The van der Waals surface area contributed by atoms with Crippen molar-refractivity contribution in [3.05, 3.63) is 0 Å². The molecule has 168 valence electrons. The molecule has 2 aliphatic heterocycles. The van der Waals surface area contributed by atoms with Crippen LogP contribution in [-0.2, 0) is 14.3 Å². The van der Waals surface area contributed by atoms with Gasteiger partial charge in [-0.05, 0) is 33.6 Å². The molecule has 8 heteroatoms. The van der Waals surface area contributed by atoms with Gasteiger partial charge in [0.15, 0.2) is 0 Å². The van der Waals surface area contributed by atoms with Crippen molar-refractivity contribution in [1.29, 1.82) is 0 Å². The highest BCUT2D eigenvalue weighted by Gasteiger charge is 2.29. The molecule has 0 spiro atoms. The monoisotopic (exact) mass is 412 g/mol. The largest absolute Gasteiger partial charge is 0.444 e. The number of carbonyl (C=O) groups is 3. The molecule has 2 fully saturated rings. The minimum Gasteiger partial charge on any atom is -0.444 e. The third-order valence-electron chi connectivity index (χ3n) is 4.74. The Bertz CT molecular complexity index is 572. The van der Waals surface area contributed by atoms with E-state index in [0.29, 0.717) is 13.1 Å². The van der Waals surface area contributed by atoms with Gasteiger partial charge < -0.3 is 25.6 Å². The topological polar surface area (TPSA) is 105 Å². The molecule has 2 aliphatic rings. The average Bonchev–Trinajstić information content (AvgIpc) is 3.21. The second-order valence-electron chi connectivity index (χ2n) is 9.56. The number of nitrogens with two attached hydrogens (primary N) is 1. The first kappa shape index (κ1) is 25.2. The molecule has 8 nitrogen and oxygen atoms in total. The molecule has 2 atom stereocenters. The van der Waals surface area contributed by atoms with Crippen LogP contribution in [0.15, 0.2) is 0 Å². The van der Waals surface area contributed by atoms with Gasteiger partial charge in [0.25, 0.3) is 0 Å². The quantitative estimate of drug-likeness (QED) is 0.737. The third-order valence-corrected chi connectivity index (χ3v) is 4.74. The molecule has 0 aromatic rings. The van der Waals surface area contributed by atoms with Gasteiger partial charge in [-0.2, -0.15) is 0 Å². The lowest BCUT2D eigenvalue weighted by Crippen LogP contribution is -2.41. The zero-order valence-electron chi connectivity index (χ0n) is 19.2. The van der Waals surface area contributed by atoms with E-state index in [9.17, 15) is 14.4 Å². The molecule has 0 aliphatic carbocycles. The molecule has 2 heterocycles. The Labute approximate surface area is 175 Å². The van der Waals surface area contributed by atoms with Crippen LogP contribution < -0.4 is 11.1 Å². The van der Waals surface area contributed by atoms with Gasteiger partial charge >= 0.3 is 6.09 Å². The summed E-state index contributed by atoms with van der Waals surface area (Å²) in [6.07, 6.45) is 1.34. The van der Waals surface area contributed by atoms with Crippen molar-refractivity contribution in [2.24, 2.45) is 17.6 Å². The van der Waals surface area contributed by atoms with E-state index in [4.69, 9.17) is 10.5 Å². The van der Waals surface area contributed by atoms with Crippen LogP contribution >= 0.6 is 0 Å². The van der Waals surface area contributed by atoms with E-state index in [-0.39, 0.29) is 35.7 Å². The smallest absolute Gasteiger partial charge is 0.407 e. The molecular weight excluding hydrogens is 372 g/mol. The van der Waals surface area contributed by atoms with Gasteiger partial charge in [0.1, 0.15) is 5.60 Å². The molecule has 0 saturated carbocycles. The highest BCUT2D eigenvalue weighted by atomic mass is 16.6. The molecule has 0 aromatic heterocycles. The molecule has 3 N–H and O–H groups in total. The van der Waals surface area contributed by atoms with Crippen molar-refractivity contribution in [2.45, 2.75) is 79.0 Å². The number of nitrogens with one attached hydrogen (secondary N) is 1. The van der Waals surface area contributed by atoms with E-state index in [1.54, 1.807) is 4.90 Å². The fraction of sp³-hybridized carbons (Fsp3) is 0.857. The molecule has 2 rings (SSSR count). The van der Waals surface area contributed by atoms with Crippen LogP contribution in [0.3, 0.4) is 0 Å². The maximum absolute atomic E-state index is 11.8. The van der Waals surface area contributed by atoms with Crippen LogP contribution in [0.5, 0.6) is 0 Å². The Balaban J connectivity index is 0.000000326. The van der Waals surface area contributed by atoms with Crippen molar-refractivity contribution in [2.75, 3.05) is 26.2 Å². The third kappa shape index (κ3) is 9.02. The minimum absolute atomic E-state index is 0.00236. The lowest BCUT2D eigenvalue weighted by Gasteiger charge is -2.22. The number of rotatable bonds is 3. The molecule has 0 radical (unpaired) electrons. The maximum Gasteiger partial charge on any atom is 0.407 e. The lowest BCUT2D eigenvalue weighted by atomic mass is 10.2. The number of hydrogen-bond acceptors (Lipinski definition) is 5. The molecule has 2 saturated heterocycles. The number of amides is 3. The van der Waals surface area contributed by atoms with Crippen molar-refractivity contribution in [3.8, 4) is 0 Å². The number of hydrogen-bond donors (Lipinski definition) is 2. The molecule has 0 bridgehead atoms. The van der Waals surface area contributed by atoms with Crippen LogP contribution in [0.4, 0.5) is 4.79 Å². The molecule has 29 heavy (non-hydrogen) atoms. The van der Waals surface area contributed by atoms with Gasteiger partial charge in [0.05, 0.1) is 6.04 Å². The first-order valence-corrected chi connectivity index (χ1v) is 10.6. The SMILES string of the molecule is CC(C)C(=O)N1CCC(N)C1.CC(C)C(=O)N1CCC(NC(=O)OC(C)(C)C)C1. The van der Waals surface area contributed by atoms with E-state index >= 15 is 0 Å². The highest BCUT2D eigenvalue weighted by molar-refractivity contribution is 5.79. The fourth-order valence-electron chi connectivity index (χ4n) is 3.27. The molecule has 2 unspecified atom stereocenters. The number of alkyl carbamates (subject to hydrolysis) is 1. The van der Waals surface area contributed by atoms with E-state index in [0.717, 1.165) is 25.9 Å². The Morgan fingerprint density at radius 1 is 0.931 bits per heavy atom. The summed E-state index contributed by atoms with van der Waals surface area (Å²) in [5, 5.41) is 2.80. The van der Waals surface area contributed by atoms with Gasteiger partial charge in [-0.15, -0.1) is 0 Å². The minimum atomic E-state index is -0.490. The van der Waals surface area contributed by atoms with Crippen LogP contribution in [0.25, 0.3) is 0 Å². The summed E-state index contributed by atoms with van der Waals surface area (Å²) >= 11 is 0. The first-order valence-electron chi connectivity index (χ1n) is 10.6. The Hall–Kier alpha value is -1.83. The Morgan fingerprint density at radius 3 is 1.83 bits per heavy atom. The van der Waals surface area contributed by atoms with Crippen LogP contribution in [0, 0.1) is 11.8 Å². The standard InChI is InChI=1S/C13H24N2O3.C8H16N2O/c1-9(2)11(16)15-7-6-10(8-15)14-12(17)18-13(3,4)5;1-6(2)8(11)10-4-3-7(9)5-10/h9-10H,6-8H2,1-5H3,(H,14,17);6-7H,3-5,9H2,1-2H3. The summed E-state index contributed by atoms with van der Waals surface area (Å²) in [5.41, 5.74) is 5.18. The number of likely N-dealkylation sites (tertiary alicyclic amines) is 2. The number of carbonyl (C=O) groups excluding carboxylic acids is 3. The Morgan fingerprint density at radius 2 is 1.41 bits per heavy atom. The zero-order chi connectivity index (χ0) is 22.4. The van der Waals surface area contributed by atoms with Crippen molar-refractivity contribution in [1.82, 2.24) is 15.1 Å². The normalized spacial score (nSPS) is 21.9. The van der Waals surface area contributed by atoms with Gasteiger partial charge in [-0.3, -0.25) is 9.59 Å². The van der Waals surface area contributed by atoms with Crippen molar-refractivity contribution >= 4 is 17.9 Å². The maximum atomic E-state index is 11.8. The first-order chi connectivity index (χ1) is 13.3. The lowest BCUT2D eigenvalue weighted by molar-refractivity contribution is -0.134. The molecule has 3 amide bonds. The van der Waals surface area contributed by atoms with E-state index in [1.165, 1.54) is 0 Å². The number of ether oxygens (including phenoxy) is 1. The summed E-state index contributed by atoms with van der Waals surface area (Å²) < 4.78 is 5.19. The van der Waals surface area contributed by atoms with Gasteiger partial charge in [0.2, 0.25) is 11.8 Å². The van der Waals surface area contributed by atoms with Crippen LogP contribution in [0.2, 0.25) is 0 Å². The predicted octanol–water partition coefficient (Wildman–Crippen LogP) is 1.97. The summed E-state index contributed by atoms with van der Waals surface area (Å²) in [5.74, 6) is 0.493. The van der Waals surface area contributed by atoms with Gasteiger partial charge in [-0.25, -0.2) is 4.79 Å². The average molecular weight is 413 g/mol. The highest BCUT2D eigenvalue weighted by Crippen LogP contribution is 2.14. The van der Waals surface area contributed by atoms with Gasteiger partial charge in [0, 0.05) is 44.1 Å². The summed E-state index contributed by atoms with van der Waals surface area (Å²) in [7, 11) is 0. The predicted molar refractivity (Wildman–Crippen MR) is 113 cm³/mol. The van der Waals surface area contributed by atoms with E-state index in [2.05, 4.69) is 5.32 Å². The van der Waals surface area contributed by atoms with Gasteiger partial charge in [-0.1, -0.05) is 27.7 Å². The van der Waals surface area contributed by atoms with Crippen LogP contribution in [0.1, 0.15) is 61.3 Å². The zero-order valence-corrected chi connectivity index (χ0v) is 19.2. The molecule has 0 aromatic carbocycles. The van der Waals surface area contributed by atoms with E-state index in [1.807, 2.05) is 53.4 Å². The number of nitrogens with zero attached hydrogens (tertiary/aromatic N) is 2. The second-order valence-corrected chi connectivity index (χ2v) is 9.56. The van der Waals surface area contributed by atoms with Crippen LogP contribution in [-0.4, -0.2) is 71.6 Å². The van der Waals surface area contributed by atoms with Crippen molar-refractivity contribution in [3.63, 3.8) is 0 Å². The molecular formula is C21H40N4O4. The second kappa shape index (κ2) is 10.8. The summed E-state index contributed by atoms with van der Waals surface area (Å²) in [4.78, 5) is 38.4. The summed E-state index contributed by atoms with van der Waals surface area (Å²) in [6, 6.07) is 0.209. The summed E-state index contributed by atoms with van der Waals surface area (Å²) in [6.45, 7) is 16.0. The van der Waals surface area contributed by atoms with E-state index < -0.39 is 11.7 Å².